The van der Waals surface area contributed by atoms with Gasteiger partial charge < -0.3 is 0 Å². The van der Waals surface area contributed by atoms with Crippen LogP contribution in [0.2, 0.25) is 0 Å². The van der Waals surface area contributed by atoms with Crippen molar-refractivity contribution in [2.24, 2.45) is 0 Å². The molecule has 0 aromatic rings. The van der Waals surface area contributed by atoms with Crippen LogP contribution in [0.15, 0.2) is 0 Å². The zero-order valence-corrected chi connectivity index (χ0v) is 9.72. The average molecular weight is 307 g/mol. The monoisotopic (exact) mass is 307 g/mol. The second-order valence-electron chi connectivity index (χ2n) is 0.924. The molecule has 0 aliphatic heterocycles. The Labute approximate surface area is 85.4 Å². The third-order valence-corrected chi connectivity index (χ3v) is 2.92. The van der Waals surface area contributed by atoms with Gasteiger partial charge in [-0.25, -0.2) is 0 Å². The summed E-state index contributed by atoms with van der Waals surface area (Å²) < 4.78 is 56.3. The maximum absolute atomic E-state index is 9.53. The van der Waals surface area contributed by atoms with Gasteiger partial charge in [0, 0.05) is 32.7 Å². The zero-order chi connectivity index (χ0) is 7.71. The second-order valence-corrected chi connectivity index (χ2v) is 4.68. The molecule has 10 heteroatoms. The number of hydrogen-bond acceptors (Lipinski definition) is 5. The van der Waals surface area contributed by atoms with E-state index in [4.69, 9.17) is 8.32 Å². The smallest absolute Gasteiger partial charge is 0 e. The summed E-state index contributed by atoms with van der Waals surface area (Å²) >= 11 is -11.5. The van der Waals surface area contributed by atoms with Crippen LogP contribution < -0.4 is 0 Å². The summed E-state index contributed by atoms with van der Waals surface area (Å²) in [6, 6.07) is 0. The first-order valence-electron chi connectivity index (χ1n) is 1.37. The van der Waals surface area contributed by atoms with E-state index >= 15 is 0 Å². The molecule has 0 rings (SSSR count). The molecule has 0 saturated heterocycles. The Balaban J connectivity index is 0. The predicted octanol–water partition coefficient (Wildman–Crippen LogP) is -1.67. The largest absolute Gasteiger partial charge is 0 e. The van der Waals surface area contributed by atoms with Crippen molar-refractivity contribution in [1.29, 1.82) is 0 Å². The first kappa shape index (κ1) is 13.8. The van der Waals surface area contributed by atoms with E-state index in [1.54, 1.807) is 0 Å². The maximum atomic E-state index is 9.53. The molecule has 0 aliphatic rings. The van der Waals surface area contributed by atoms with Crippen LogP contribution in [0.5, 0.6) is 0 Å². The fraction of sp³-hybridized carbons (Fsp3) is 0. The van der Waals surface area contributed by atoms with Crippen LogP contribution in [-0.4, -0.2) is 8.32 Å². The molecular weight excluding hydrogens is 305 g/mol. The maximum Gasteiger partial charge on any atom is 0 e. The Morgan fingerprint density at radius 1 is 0.900 bits per heavy atom. The molecule has 0 amide bonds. The van der Waals surface area contributed by atoms with Gasteiger partial charge in [-0.1, -0.05) is 0 Å². The van der Waals surface area contributed by atoms with Crippen molar-refractivity contribution in [2.45, 2.75) is 0 Å². The van der Waals surface area contributed by atoms with E-state index in [2.05, 4.69) is 2.84 Å². The van der Waals surface area contributed by atoms with Crippen LogP contribution in [0.4, 0.5) is 0 Å². The van der Waals surface area contributed by atoms with E-state index < -0.39 is 27.2 Å². The molecule has 0 aromatic heterocycles. The van der Waals surface area contributed by atoms with Gasteiger partial charge in [0.25, 0.3) is 0 Å². The average Bonchev–Trinajstić information content (AvgIpc) is 1.14. The van der Waals surface area contributed by atoms with Crippen molar-refractivity contribution in [1.82, 2.24) is 0 Å². The molecule has 10 heavy (non-hydrogen) atoms. The molecule has 0 saturated carbocycles. The molecule has 0 atom stereocenters. The minimum Gasteiger partial charge on any atom is 0 e. The topological polar surface area (TPSA) is 118 Å². The minimum absolute atomic E-state index is 0. The first-order valence-corrected chi connectivity index (χ1v) is 5.63. The second kappa shape index (κ2) is 4.32. The molecule has 0 fully saturated rings. The summed E-state index contributed by atoms with van der Waals surface area (Å²) in [5.74, 6) is 0. The third kappa shape index (κ3) is 12.0. The van der Waals surface area contributed by atoms with Crippen molar-refractivity contribution < 1.29 is 86.3 Å². The molecule has 7 nitrogen and oxygen atoms in total. The van der Waals surface area contributed by atoms with Crippen LogP contribution in [0, 0.1) is 0 Å². The number of hydrogen-bond donors (Lipinski definition) is 2. The van der Waals surface area contributed by atoms with Crippen LogP contribution in [0.3, 0.4) is 0 Å². The Kier molecular flexibility index (Phi) is 5.96. The van der Waals surface area contributed by atoms with Gasteiger partial charge in [-0.3, -0.25) is 0 Å². The first-order chi connectivity index (χ1) is 3.71. The normalized spacial score (nSPS) is 12.2. The Morgan fingerprint density at radius 2 is 1.10 bits per heavy atom. The molecule has 0 spiro atoms. The minimum atomic E-state index is -5.76. The Hall–Kier alpha value is 1.25. The Morgan fingerprint density at radius 3 is 1.10 bits per heavy atom. The van der Waals surface area contributed by atoms with Crippen molar-refractivity contribution in [3.63, 3.8) is 0 Å². The van der Waals surface area contributed by atoms with Gasteiger partial charge in [-0.2, -0.15) is 0 Å². The summed E-state index contributed by atoms with van der Waals surface area (Å²) in [5, 5.41) is 0. The molecule has 59 valence electrons. The molecule has 0 unspecified atom stereocenters. The molecule has 0 heterocycles. The predicted molar refractivity (Wildman–Crippen MR) is 8.27 cm³/mol. The van der Waals surface area contributed by atoms with E-state index in [9.17, 15) is 15.2 Å². The van der Waals surface area contributed by atoms with Crippen molar-refractivity contribution in [2.75, 3.05) is 0 Å². The van der Waals surface area contributed by atoms with E-state index in [0.717, 1.165) is 0 Å². The van der Waals surface area contributed by atoms with Crippen LogP contribution in [0.25, 0.3) is 0 Å². The van der Waals surface area contributed by atoms with E-state index in [1.165, 1.54) is 0 Å². The van der Waals surface area contributed by atoms with Gasteiger partial charge in [-0.15, -0.1) is 0 Å². The molecule has 0 aromatic carbocycles. The summed E-state index contributed by atoms with van der Waals surface area (Å²) in [4.78, 5) is 0. The zero-order valence-electron chi connectivity index (χ0n) is 4.33. The van der Waals surface area contributed by atoms with E-state index in [0.29, 0.717) is 0 Å². The van der Waals surface area contributed by atoms with Crippen molar-refractivity contribution >= 4 is 0 Å². The standard InChI is InChI=1S/2Cr.2H2O.5O.Y/h;;2*1H2;;;;;;/q2*+1;;;;;;;;/p-2. The molecule has 1 radical (unpaired) electrons. The van der Waals surface area contributed by atoms with Crippen LogP contribution >= 0.6 is 0 Å². The van der Waals surface area contributed by atoms with Gasteiger partial charge >= 0.3 is 53.6 Å². The molecule has 0 aliphatic carbocycles. The SMILES string of the molecule is [O]=[Cr](=[O])([OH])[O][Cr](=[O])(=[O])[OH].[Y]. The molecule has 2 N–H and O–H groups in total. The Bertz CT molecular complexity index is 237. The molecule has 0 bridgehead atoms. The van der Waals surface area contributed by atoms with Crippen LogP contribution in [-0.2, 0) is 78.0 Å². The van der Waals surface area contributed by atoms with Gasteiger partial charge in [0.15, 0.2) is 0 Å². The fourth-order valence-corrected chi connectivity index (χ4v) is 1.85. The summed E-state index contributed by atoms with van der Waals surface area (Å²) in [5.41, 5.74) is 0. The van der Waals surface area contributed by atoms with Crippen LogP contribution in [0.1, 0.15) is 0 Å². The van der Waals surface area contributed by atoms with E-state index in [1.807, 2.05) is 0 Å². The summed E-state index contributed by atoms with van der Waals surface area (Å²) in [7, 11) is 0. The molecular formula is H2Cr2O7Y. The van der Waals surface area contributed by atoms with E-state index in [-0.39, 0.29) is 32.7 Å². The van der Waals surface area contributed by atoms with Crippen molar-refractivity contribution in [3.05, 3.63) is 0 Å². The van der Waals surface area contributed by atoms with Crippen molar-refractivity contribution in [3.8, 4) is 0 Å². The van der Waals surface area contributed by atoms with Gasteiger partial charge in [0.05, 0.1) is 0 Å². The van der Waals surface area contributed by atoms with Gasteiger partial charge in [-0.05, 0) is 0 Å². The van der Waals surface area contributed by atoms with Gasteiger partial charge in [0.2, 0.25) is 0 Å². The summed E-state index contributed by atoms with van der Waals surface area (Å²) in [6.07, 6.45) is 0. The fourth-order valence-electron chi connectivity index (χ4n) is 0.109. The van der Waals surface area contributed by atoms with Gasteiger partial charge in [0.1, 0.15) is 0 Å². The third-order valence-electron chi connectivity index (χ3n) is 0.172. The summed E-state index contributed by atoms with van der Waals surface area (Å²) in [6.45, 7) is 0. The quantitative estimate of drug-likeness (QED) is 0.626. The number of rotatable bonds is 2.